The van der Waals surface area contributed by atoms with E-state index >= 15 is 0 Å². The first-order valence-electron chi connectivity index (χ1n) is 8.12. The van der Waals surface area contributed by atoms with E-state index in [1.165, 1.54) is 44.9 Å². The van der Waals surface area contributed by atoms with Gasteiger partial charge in [0.05, 0.1) is 0 Å². The first kappa shape index (κ1) is 13.9. The van der Waals surface area contributed by atoms with Gasteiger partial charge in [-0.05, 0) is 30.8 Å². The van der Waals surface area contributed by atoms with Crippen molar-refractivity contribution in [3.8, 4) is 0 Å². The number of nitrogens with two attached hydrogens (primary N) is 1. The number of rotatable bonds is 3. The van der Waals surface area contributed by atoms with E-state index in [-0.39, 0.29) is 5.54 Å². The number of nitrogens with zero attached hydrogens (tertiary/aromatic N) is 3. The molecule has 112 valence electrons. The van der Waals surface area contributed by atoms with Gasteiger partial charge in [0.2, 0.25) is 5.89 Å². The highest BCUT2D eigenvalue weighted by molar-refractivity contribution is 5.27. The van der Waals surface area contributed by atoms with Crippen molar-refractivity contribution in [2.45, 2.75) is 69.7 Å². The molecule has 0 radical (unpaired) electrons. The molecule has 1 saturated carbocycles. The van der Waals surface area contributed by atoms with Gasteiger partial charge in [-0.25, -0.2) is 0 Å². The van der Waals surface area contributed by atoms with E-state index in [1.54, 1.807) is 0 Å². The summed E-state index contributed by atoms with van der Waals surface area (Å²) in [7, 11) is 0. The highest BCUT2D eigenvalue weighted by atomic mass is 16.5. The van der Waals surface area contributed by atoms with Crippen LogP contribution in [0.3, 0.4) is 0 Å². The average molecular weight is 278 g/mol. The van der Waals surface area contributed by atoms with Crippen molar-refractivity contribution in [1.82, 2.24) is 10.1 Å². The molecule has 1 saturated heterocycles. The lowest BCUT2D eigenvalue weighted by atomic mass is 9.80. The van der Waals surface area contributed by atoms with E-state index in [9.17, 15) is 0 Å². The van der Waals surface area contributed by atoms with Crippen LogP contribution in [0.15, 0.2) is 4.52 Å². The van der Waals surface area contributed by atoms with Gasteiger partial charge in [0.25, 0.3) is 5.95 Å². The molecule has 5 heteroatoms. The van der Waals surface area contributed by atoms with Gasteiger partial charge in [-0.3, -0.25) is 0 Å². The highest BCUT2D eigenvalue weighted by Crippen LogP contribution is 2.29. The Bertz CT molecular complexity index is 417. The van der Waals surface area contributed by atoms with Crippen molar-refractivity contribution in [2.75, 3.05) is 18.0 Å². The van der Waals surface area contributed by atoms with E-state index in [2.05, 4.69) is 15.0 Å². The second-order valence-corrected chi connectivity index (χ2v) is 6.49. The van der Waals surface area contributed by atoms with Crippen molar-refractivity contribution >= 4 is 5.95 Å². The Morgan fingerprint density at radius 3 is 2.35 bits per heavy atom. The van der Waals surface area contributed by atoms with Gasteiger partial charge in [0, 0.05) is 25.0 Å². The maximum atomic E-state index is 6.46. The molecule has 1 aromatic heterocycles. The minimum atomic E-state index is -0.124. The summed E-state index contributed by atoms with van der Waals surface area (Å²) in [6.45, 7) is 2.10. The molecular weight excluding hydrogens is 252 g/mol. The molecular formula is C15H26N4O. The molecule has 0 spiro atoms. The Morgan fingerprint density at radius 1 is 1.00 bits per heavy atom. The van der Waals surface area contributed by atoms with Crippen LogP contribution in [0.1, 0.15) is 63.7 Å². The predicted molar refractivity (Wildman–Crippen MR) is 78.7 cm³/mol. The maximum Gasteiger partial charge on any atom is 0.266 e. The largest absolute Gasteiger partial charge is 0.338 e. The molecule has 2 heterocycles. The third-order valence-electron chi connectivity index (χ3n) is 4.70. The summed E-state index contributed by atoms with van der Waals surface area (Å²) in [6.07, 6.45) is 11.7. The van der Waals surface area contributed by atoms with Crippen molar-refractivity contribution in [3.63, 3.8) is 0 Å². The first-order valence-corrected chi connectivity index (χ1v) is 8.12. The molecule has 0 atom stereocenters. The molecule has 0 unspecified atom stereocenters. The van der Waals surface area contributed by atoms with Crippen LogP contribution in [0.5, 0.6) is 0 Å². The average Bonchev–Trinajstić information content (AvgIpc) is 2.73. The summed E-state index contributed by atoms with van der Waals surface area (Å²) in [6, 6.07) is 0. The lowest BCUT2D eigenvalue weighted by Gasteiger charge is -2.31. The first-order chi connectivity index (χ1) is 9.75. The Morgan fingerprint density at radius 2 is 1.65 bits per heavy atom. The summed E-state index contributed by atoms with van der Waals surface area (Å²) in [5.41, 5.74) is 6.34. The summed E-state index contributed by atoms with van der Waals surface area (Å²) in [5, 5.41) is 4.16. The monoisotopic (exact) mass is 278 g/mol. The van der Waals surface area contributed by atoms with E-state index in [0.717, 1.165) is 38.3 Å². The van der Waals surface area contributed by atoms with Crippen molar-refractivity contribution in [3.05, 3.63) is 5.89 Å². The number of hydrogen-bond acceptors (Lipinski definition) is 5. The zero-order chi connectivity index (χ0) is 13.8. The Labute approximate surface area is 120 Å². The van der Waals surface area contributed by atoms with Crippen LogP contribution in [-0.4, -0.2) is 28.8 Å². The zero-order valence-electron chi connectivity index (χ0n) is 12.3. The lowest BCUT2D eigenvalue weighted by Crippen LogP contribution is -2.43. The fraction of sp³-hybridized carbons (Fsp3) is 0.867. The van der Waals surface area contributed by atoms with Gasteiger partial charge in [-0.2, -0.15) is 4.98 Å². The van der Waals surface area contributed by atoms with Gasteiger partial charge < -0.3 is 15.2 Å². The number of hydrogen-bond donors (Lipinski definition) is 1. The van der Waals surface area contributed by atoms with Crippen molar-refractivity contribution < 1.29 is 4.52 Å². The minimum Gasteiger partial charge on any atom is -0.338 e. The molecule has 0 bridgehead atoms. The highest BCUT2D eigenvalue weighted by Gasteiger charge is 2.30. The minimum absolute atomic E-state index is 0.124. The quantitative estimate of drug-likeness (QED) is 0.920. The lowest BCUT2D eigenvalue weighted by molar-refractivity contribution is 0.261. The van der Waals surface area contributed by atoms with Gasteiger partial charge in [0.1, 0.15) is 0 Å². The Hall–Kier alpha value is -1.10. The molecule has 20 heavy (non-hydrogen) atoms. The third-order valence-corrected chi connectivity index (χ3v) is 4.70. The second-order valence-electron chi connectivity index (χ2n) is 6.49. The van der Waals surface area contributed by atoms with Crippen LogP contribution < -0.4 is 10.6 Å². The molecule has 0 amide bonds. The molecule has 2 N–H and O–H groups in total. The van der Waals surface area contributed by atoms with Crippen molar-refractivity contribution in [2.24, 2.45) is 5.73 Å². The fourth-order valence-corrected chi connectivity index (χ4v) is 3.45. The molecule has 0 aromatic carbocycles. The maximum absolute atomic E-state index is 6.46. The Balaban J connectivity index is 1.63. The number of anilines is 1. The van der Waals surface area contributed by atoms with Crippen LogP contribution in [0, 0.1) is 0 Å². The molecule has 3 rings (SSSR count). The topological polar surface area (TPSA) is 68.2 Å². The third kappa shape index (κ3) is 3.32. The Kier molecular flexibility index (Phi) is 4.24. The summed E-state index contributed by atoms with van der Waals surface area (Å²) in [4.78, 5) is 6.84. The molecule has 1 aromatic rings. The van der Waals surface area contributed by atoms with E-state index < -0.39 is 0 Å². The molecule has 1 aliphatic carbocycles. The second kappa shape index (κ2) is 6.12. The molecule has 1 aliphatic heterocycles. The van der Waals surface area contributed by atoms with Gasteiger partial charge >= 0.3 is 0 Å². The van der Waals surface area contributed by atoms with Crippen LogP contribution >= 0.6 is 0 Å². The molecule has 2 aliphatic rings. The molecule has 2 fully saturated rings. The van der Waals surface area contributed by atoms with Gasteiger partial charge in [0.15, 0.2) is 0 Å². The van der Waals surface area contributed by atoms with E-state index in [1.807, 2.05) is 0 Å². The van der Waals surface area contributed by atoms with Gasteiger partial charge in [-0.15, -0.1) is 0 Å². The van der Waals surface area contributed by atoms with Crippen LogP contribution in [0.4, 0.5) is 5.95 Å². The van der Waals surface area contributed by atoms with Crippen LogP contribution in [0.25, 0.3) is 0 Å². The summed E-state index contributed by atoms with van der Waals surface area (Å²) in [5.74, 6) is 1.48. The van der Waals surface area contributed by atoms with E-state index in [0.29, 0.717) is 5.89 Å². The normalized spacial score (nSPS) is 23.6. The smallest absolute Gasteiger partial charge is 0.266 e. The summed E-state index contributed by atoms with van der Waals surface area (Å²) >= 11 is 0. The van der Waals surface area contributed by atoms with Gasteiger partial charge in [-0.1, -0.05) is 32.1 Å². The van der Waals surface area contributed by atoms with Crippen LogP contribution in [-0.2, 0) is 6.42 Å². The molecule has 5 nitrogen and oxygen atoms in total. The zero-order valence-corrected chi connectivity index (χ0v) is 12.3. The number of aromatic nitrogens is 2. The summed E-state index contributed by atoms with van der Waals surface area (Å²) < 4.78 is 5.44. The predicted octanol–water partition coefficient (Wildman–Crippen LogP) is 2.65. The SMILES string of the molecule is NC1(Cc2nc(N3CCCCCC3)no2)CCCCC1. The van der Waals surface area contributed by atoms with Crippen LogP contribution in [0.2, 0.25) is 0 Å². The van der Waals surface area contributed by atoms with E-state index in [4.69, 9.17) is 10.3 Å². The fourth-order valence-electron chi connectivity index (χ4n) is 3.45. The van der Waals surface area contributed by atoms with Crippen molar-refractivity contribution in [1.29, 1.82) is 0 Å². The standard InChI is InChI=1S/C15H26N4O/c16-15(8-4-3-5-9-15)12-13-17-14(18-20-13)19-10-6-1-2-7-11-19/h1-12,16H2.